The Labute approximate surface area is 130 Å². The van der Waals surface area contributed by atoms with E-state index in [9.17, 15) is 4.79 Å². The minimum absolute atomic E-state index is 0.146. The lowest BCUT2D eigenvalue weighted by Crippen LogP contribution is -2.45. The van der Waals surface area contributed by atoms with Crippen molar-refractivity contribution in [2.75, 3.05) is 6.54 Å². The molecular weight excluding hydrogens is 286 g/mol. The van der Waals surface area contributed by atoms with E-state index in [2.05, 4.69) is 15.6 Å². The fourth-order valence-corrected chi connectivity index (χ4v) is 2.88. The number of carbonyl (C=O) groups excluding carboxylic acids is 1. The van der Waals surface area contributed by atoms with Crippen LogP contribution in [0.1, 0.15) is 44.2 Å². The van der Waals surface area contributed by atoms with Gasteiger partial charge in [0.05, 0.1) is 11.2 Å². The molecule has 1 aliphatic carbocycles. The molecule has 1 aliphatic rings. The molecule has 1 saturated carbocycles. The lowest BCUT2D eigenvalue weighted by atomic mass is 10.2. The zero-order chi connectivity index (χ0) is 15.5. The van der Waals surface area contributed by atoms with Crippen molar-refractivity contribution < 1.29 is 9.53 Å². The third kappa shape index (κ3) is 5.63. The van der Waals surface area contributed by atoms with Crippen LogP contribution in [0.3, 0.4) is 0 Å². The Hall–Kier alpha value is -1.14. The summed E-state index contributed by atoms with van der Waals surface area (Å²) in [6.07, 6.45) is 2.04. The molecular formula is C15H25N3O2S. The lowest BCUT2D eigenvalue weighted by Gasteiger charge is -2.24. The molecule has 0 spiro atoms. The number of carbonyl (C=O) groups is 1. The van der Waals surface area contributed by atoms with Crippen LogP contribution in [0, 0.1) is 12.8 Å². The van der Waals surface area contributed by atoms with Crippen molar-refractivity contribution in [3.63, 3.8) is 0 Å². The molecule has 1 unspecified atom stereocenters. The average Bonchev–Trinajstić information content (AvgIpc) is 3.11. The molecule has 6 heteroatoms. The third-order valence-electron chi connectivity index (χ3n) is 3.39. The monoisotopic (exact) mass is 311 g/mol. The number of nitrogens with zero attached hydrogens (tertiary/aromatic N) is 1. The van der Waals surface area contributed by atoms with E-state index < -0.39 is 5.60 Å². The molecule has 2 rings (SSSR count). The first-order valence-electron chi connectivity index (χ1n) is 7.44. The minimum Gasteiger partial charge on any atom is -0.444 e. The summed E-state index contributed by atoms with van der Waals surface area (Å²) in [5, 5.41) is 6.41. The Bertz CT molecular complexity index is 478. The van der Waals surface area contributed by atoms with Crippen molar-refractivity contribution in [2.45, 2.75) is 58.7 Å². The molecule has 0 bridgehead atoms. The van der Waals surface area contributed by atoms with Crippen molar-refractivity contribution in [1.82, 2.24) is 15.6 Å². The Balaban J connectivity index is 1.77. The summed E-state index contributed by atoms with van der Waals surface area (Å²) in [6, 6.07) is 0.146. The van der Waals surface area contributed by atoms with E-state index in [0.717, 1.165) is 18.8 Å². The van der Waals surface area contributed by atoms with Crippen LogP contribution in [0.15, 0.2) is 5.51 Å². The highest BCUT2D eigenvalue weighted by atomic mass is 32.1. The fraction of sp³-hybridized carbons (Fsp3) is 0.733. The largest absolute Gasteiger partial charge is 0.444 e. The summed E-state index contributed by atoms with van der Waals surface area (Å²) in [5.74, 6) is 0.576. The molecule has 1 atom stereocenters. The fourth-order valence-electron chi connectivity index (χ4n) is 2.13. The highest BCUT2D eigenvalue weighted by Gasteiger charge is 2.33. The molecule has 1 heterocycles. The number of amides is 1. The van der Waals surface area contributed by atoms with Crippen LogP contribution in [0.5, 0.6) is 0 Å². The number of aromatic nitrogens is 1. The van der Waals surface area contributed by atoms with E-state index in [1.54, 1.807) is 11.3 Å². The normalized spacial score (nSPS) is 16.6. The van der Waals surface area contributed by atoms with Gasteiger partial charge >= 0.3 is 6.09 Å². The number of ether oxygens (including phenoxy) is 1. The molecule has 1 aromatic rings. The topological polar surface area (TPSA) is 63.2 Å². The van der Waals surface area contributed by atoms with Gasteiger partial charge in [-0.3, -0.25) is 0 Å². The molecule has 1 amide bonds. The van der Waals surface area contributed by atoms with Crippen LogP contribution in [0.2, 0.25) is 0 Å². The van der Waals surface area contributed by atoms with E-state index in [1.165, 1.54) is 17.7 Å². The highest BCUT2D eigenvalue weighted by molar-refractivity contribution is 7.09. The summed E-state index contributed by atoms with van der Waals surface area (Å²) in [7, 11) is 0. The van der Waals surface area contributed by atoms with Gasteiger partial charge in [-0.2, -0.15) is 0 Å². The zero-order valence-corrected chi connectivity index (χ0v) is 14.0. The zero-order valence-electron chi connectivity index (χ0n) is 13.2. The molecule has 0 saturated heterocycles. The SMILES string of the molecule is Cc1ncsc1CNCC(NC(=O)OC(C)(C)C)C1CC1. The molecule has 21 heavy (non-hydrogen) atoms. The molecule has 5 nitrogen and oxygen atoms in total. The molecule has 2 N–H and O–H groups in total. The standard InChI is InChI=1S/C15H25N3O2S/c1-10-13(21-9-17-10)8-16-7-12(11-5-6-11)18-14(19)20-15(2,3)4/h9,11-12,16H,5-8H2,1-4H3,(H,18,19). The van der Waals surface area contributed by atoms with Gasteiger partial charge in [0.25, 0.3) is 0 Å². The van der Waals surface area contributed by atoms with Gasteiger partial charge in [0.1, 0.15) is 5.60 Å². The van der Waals surface area contributed by atoms with E-state index in [0.29, 0.717) is 5.92 Å². The summed E-state index contributed by atoms with van der Waals surface area (Å²) < 4.78 is 5.33. The summed E-state index contributed by atoms with van der Waals surface area (Å²) in [4.78, 5) is 17.4. The van der Waals surface area contributed by atoms with Crippen LogP contribution in [0.25, 0.3) is 0 Å². The first kappa shape index (κ1) is 16.2. The number of thiazole rings is 1. The van der Waals surface area contributed by atoms with E-state index in [4.69, 9.17) is 4.74 Å². The van der Waals surface area contributed by atoms with Crippen LogP contribution in [-0.2, 0) is 11.3 Å². The second kappa shape index (κ2) is 6.75. The molecule has 1 fully saturated rings. The Morgan fingerprint density at radius 1 is 1.52 bits per heavy atom. The molecule has 118 valence electrons. The predicted octanol–water partition coefficient (Wildman–Crippen LogP) is 2.84. The molecule has 0 aromatic carbocycles. The third-order valence-corrected chi connectivity index (χ3v) is 4.32. The molecule has 0 aliphatic heterocycles. The maximum absolute atomic E-state index is 11.9. The van der Waals surface area contributed by atoms with Crippen molar-refractivity contribution in [2.24, 2.45) is 5.92 Å². The van der Waals surface area contributed by atoms with Crippen LogP contribution in [0.4, 0.5) is 4.79 Å². The quantitative estimate of drug-likeness (QED) is 0.848. The van der Waals surface area contributed by atoms with Gasteiger partial charge in [-0.15, -0.1) is 11.3 Å². The van der Waals surface area contributed by atoms with E-state index >= 15 is 0 Å². The molecule has 1 aromatic heterocycles. The maximum Gasteiger partial charge on any atom is 0.407 e. The summed E-state index contributed by atoms with van der Waals surface area (Å²) in [6.45, 7) is 9.22. The number of alkyl carbamates (subject to hydrolysis) is 1. The minimum atomic E-state index is -0.453. The Kier molecular flexibility index (Phi) is 5.22. The van der Waals surface area contributed by atoms with Crippen molar-refractivity contribution in [3.05, 3.63) is 16.1 Å². The average molecular weight is 311 g/mol. The lowest BCUT2D eigenvalue weighted by molar-refractivity contribution is 0.0497. The van der Waals surface area contributed by atoms with Gasteiger partial charge in [-0.1, -0.05) is 0 Å². The van der Waals surface area contributed by atoms with Crippen molar-refractivity contribution >= 4 is 17.4 Å². The van der Waals surface area contributed by atoms with Crippen molar-refractivity contribution in [3.8, 4) is 0 Å². The van der Waals surface area contributed by atoms with Crippen LogP contribution >= 0.6 is 11.3 Å². The van der Waals surface area contributed by atoms with Crippen LogP contribution < -0.4 is 10.6 Å². The maximum atomic E-state index is 11.9. The summed E-state index contributed by atoms with van der Waals surface area (Å²) in [5.41, 5.74) is 2.49. The Morgan fingerprint density at radius 2 is 2.24 bits per heavy atom. The number of nitrogens with one attached hydrogen (secondary N) is 2. The summed E-state index contributed by atoms with van der Waals surface area (Å²) >= 11 is 1.66. The van der Waals surface area contributed by atoms with Gasteiger partial charge in [-0.05, 0) is 46.5 Å². The van der Waals surface area contributed by atoms with Gasteiger partial charge in [-0.25, -0.2) is 9.78 Å². The Morgan fingerprint density at radius 3 is 2.76 bits per heavy atom. The number of rotatable bonds is 6. The van der Waals surface area contributed by atoms with Crippen molar-refractivity contribution in [1.29, 1.82) is 0 Å². The van der Waals surface area contributed by atoms with Gasteiger partial charge in [0, 0.05) is 24.0 Å². The first-order chi connectivity index (χ1) is 9.85. The van der Waals surface area contributed by atoms with Gasteiger partial charge < -0.3 is 15.4 Å². The smallest absolute Gasteiger partial charge is 0.407 e. The van der Waals surface area contributed by atoms with Gasteiger partial charge in [0.15, 0.2) is 0 Å². The number of aryl methyl sites for hydroxylation is 1. The van der Waals surface area contributed by atoms with E-state index in [-0.39, 0.29) is 12.1 Å². The number of hydrogen-bond donors (Lipinski definition) is 2. The molecule has 0 radical (unpaired) electrons. The predicted molar refractivity (Wildman–Crippen MR) is 84.4 cm³/mol. The second-order valence-corrected chi connectivity index (χ2v) is 7.52. The second-order valence-electron chi connectivity index (χ2n) is 6.58. The van der Waals surface area contributed by atoms with Gasteiger partial charge in [0.2, 0.25) is 0 Å². The van der Waals surface area contributed by atoms with Crippen LogP contribution in [-0.4, -0.2) is 29.3 Å². The highest BCUT2D eigenvalue weighted by Crippen LogP contribution is 2.32. The number of hydrogen-bond acceptors (Lipinski definition) is 5. The van der Waals surface area contributed by atoms with E-state index in [1.807, 2.05) is 33.2 Å². The first-order valence-corrected chi connectivity index (χ1v) is 8.32.